The van der Waals surface area contributed by atoms with Gasteiger partial charge < -0.3 is 24.8 Å². The zero-order valence-electron chi connectivity index (χ0n) is 17.1. The average molecular weight is 461 g/mol. The predicted octanol–water partition coefficient (Wildman–Crippen LogP) is 1.30. The van der Waals surface area contributed by atoms with Gasteiger partial charge in [-0.3, -0.25) is 0 Å². The van der Waals surface area contributed by atoms with E-state index < -0.39 is 23.2 Å². The van der Waals surface area contributed by atoms with Crippen molar-refractivity contribution in [2.45, 2.75) is 74.5 Å². The summed E-state index contributed by atoms with van der Waals surface area (Å²) >= 11 is -0.686. The van der Waals surface area contributed by atoms with Gasteiger partial charge in [-0.2, -0.15) is 0 Å². The molecule has 0 heterocycles. The molecule has 25 heavy (non-hydrogen) atoms. The molecule has 0 aromatic heterocycles. The van der Waals surface area contributed by atoms with Crippen molar-refractivity contribution in [3.8, 4) is 0 Å². The topological polar surface area (TPSA) is 0 Å². The van der Waals surface area contributed by atoms with E-state index >= 15 is 0 Å². The van der Waals surface area contributed by atoms with E-state index in [1.807, 2.05) is 0 Å². The van der Waals surface area contributed by atoms with Gasteiger partial charge in [-0.05, 0) is 0 Å². The van der Waals surface area contributed by atoms with Crippen LogP contribution in [0.15, 0.2) is 47.6 Å². The molecule has 0 aliphatic heterocycles. The second kappa shape index (κ2) is 8.62. The molecule has 2 rings (SSSR count). The Balaban J connectivity index is 0.00000288. The summed E-state index contributed by atoms with van der Waals surface area (Å²) in [5, 5.41) is 0. The SMILES string of the molecule is CCC(C)(C)C1=C[C](C)([Zr+2][C]2(C)C=CC(C(C)(C)CC)=C2)C=C1.[Cl-].[Cl-]. The molecule has 3 heteroatoms. The monoisotopic (exact) mass is 458 g/mol. The van der Waals surface area contributed by atoms with Crippen LogP contribution in [0, 0.1) is 10.8 Å². The molecule has 0 N–H and O–H groups in total. The molecule has 0 aromatic carbocycles. The van der Waals surface area contributed by atoms with Crippen LogP contribution in [0.2, 0.25) is 6.25 Å². The summed E-state index contributed by atoms with van der Waals surface area (Å²) in [6.07, 6.45) is 17.4. The second-order valence-corrected chi connectivity index (χ2v) is 14.9. The molecule has 2 aliphatic rings. The Morgan fingerprint density at radius 2 is 1.08 bits per heavy atom. The van der Waals surface area contributed by atoms with Gasteiger partial charge in [0, 0.05) is 0 Å². The van der Waals surface area contributed by atoms with Crippen molar-refractivity contribution < 1.29 is 48.0 Å². The minimum absolute atomic E-state index is 0. The van der Waals surface area contributed by atoms with E-state index in [0.29, 0.717) is 17.1 Å². The molecule has 0 fully saturated rings. The fourth-order valence-electron chi connectivity index (χ4n) is 3.35. The molecule has 0 nitrogen and oxygen atoms in total. The number of allylic oxidation sites excluding steroid dienone is 8. The standard InChI is InChI=1S/2C11H17.2ClH.Zr/c2*1-5-11(3,4)10-7-6-9(2)8-10;;;/h2*6-8H,5H2,1-4H3;2*1H;/q;;;;+2/p-2. The second-order valence-electron chi connectivity index (χ2n) is 9.03. The third kappa shape index (κ3) is 5.70. The Morgan fingerprint density at radius 3 is 1.36 bits per heavy atom. The number of halogens is 2. The van der Waals surface area contributed by atoms with Crippen LogP contribution < -0.4 is 24.8 Å². The Kier molecular flexibility index (Phi) is 8.77. The molecule has 0 spiro atoms. The number of hydrogen-bond acceptors (Lipinski definition) is 0. The average Bonchev–Trinajstić information content (AvgIpc) is 3.03. The Bertz CT molecular complexity index is 543. The van der Waals surface area contributed by atoms with Gasteiger partial charge >= 0.3 is 156 Å². The Labute approximate surface area is 180 Å². The summed E-state index contributed by atoms with van der Waals surface area (Å²) in [6.45, 7) is 19.0. The van der Waals surface area contributed by atoms with Crippen molar-refractivity contribution in [2.24, 2.45) is 10.8 Å². The third-order valence-electron chi connectivity index (χ3n) is 6.00. The molecule has 0 radical (unpaired) electrons. The Hall–Kier alpha value is 0.423. The largest absolute Gasteiger partial charge is 1.00 e. The van der Waals surface area contributed by atoms with Gasteiger partial charge in [0.2, 0.25) is 0 Å². The zero-order valence-corrected chi connectivity index (χ0v) is 21.1. The minimum atomic E-state index is -0.686. The van der Waals surface area contributed by atoms with E-state index in [0.717, 1.165) is 0 Å². The van der Waals surface area contributed by atoms with Crippen molar-refractivity contribution >= 4 is 0 Å². The van der Waals surface area contributed by atoms with Gasteiger partial charge in [-0.1, -0.05) is 0 Å². The van der Waals surface area contributed by atoms with Gasteiger partial charge in [-0.25, -0.2) is 0 Å². The maximum atomic E-state index is 2.60. The molecule has 0 amide bonds. The van der Waals surface area contributed by atoms with Crippen LogP contribution in [-0.4, -0.2) is 0 Å². The molecule has 2 atom stereocenters. The van der Waals surface area contributed by atoms with Crippen LogP contribution in [0.1, 0.15) is 68.2 Å². The quantitative estimate of drug-likeness (QED) is 0.561. The van der Waals surface area contributed by atoms with Crippen LogP contribution >= 0.6 is 0 Å². The molecular formula is C22H34Cl2Zr. The van der Waals surface area contributed by atoms with Crippen molar-refractivity contribution in [2.75, 3.05) is 0 Å². The first-order chi connectivity index (χ1) is 10.5. The van der Waals surface area contributed by atoms with Crippen LogP contribution in [0.4, 0.5) is 0 Å². The van der Waals surface area contributed by atoms with E-state index in [2.05, 4.69) is 91.8 Å². The van der Waals surface area contributed by atoms with Crippen molar-refractivity contribution in [1.82, 2.24) is 0 Å². The maximum absolute atomic E-state index is 2.60. The fraction of sp³-hybridized carbons (Fsp3) is 0.636. The van der Waals surface area contributed by atoms with Gasteiger partial charge in [0.05, 0.1) is 0 Å². The summed E-state index contributed by atoms with van der Waals surface area (Å²) in [5.41, 5.74) is 3.72. The molecule has 0 saturated carbocycles. The van der Waals surface area contributed by atoms with Gasteiger partial charge in [-0.15, -0.1) is 0 Å². The minimum Gasteiger partial charge on any atom is -1.00 e. The number of rotatable bonds is 6. The summed E-state index contributed by atoms with van der Waals surface area (Å²) in [6, 6.07) is 0. The molecule has 0 bridgehead atoms. The first-order valence-corrected chi connectivity index (χ1v) is 11.6. The van der Waals surface area contributed by atoms with E-state index in [9.17, 15) is 0 Å². The molecule has 0 saturated heterocycles. The van der Waals surface area contributed by atoms with E-state index in [1.165, 1.54) is 12.8 Å². The summed E-state index contributed by atoms with van der Waals surface area (Å²) in [4.78, 5) is 0. The van der Waals surface area contributed by atoms with Gasteiger partial charge in [0.15, 0.2) is 0 Å². The first kappa shape index (κ1) is 25.4. The molecule has 0 aromatic rings. The summed E-state index contributed by atoms with van der Waals surface area (Å²) in [7, 11) is 0. The molecular weight excluding hydrogens is 426 g/mol. The van der Waals surface area contributed by atoms with Crippen LogP contribution in [0.25, 0.3) is 0 Å². The van der Waals surface area contributed by atoms with Crippen LogP contribution in [0.5, 0.6) is 0 Å². The van der Waals surface area contributed by atoms with Crippen LogP contribution in [0.3, 0.4) is 0 Å². The Morgan fingerprint density at radius 1 is 0.760 bits per heavy atom. The maximum Gasteiger partial charge on any atom is -1.00 e. The summed E-state index contributed by atoms with van der Waals surface area (Å²) in [5.74, 6) is 0. The number of hydrogen-bond donors (Lipinski definition) is 0. The van der Waals surface area contributed by atoms with Crippen molar-refractivity contribution in [1.29, 1.82) is 0 Å². The smallest absolute Gasteiger partial charge is 1.00 e. The fourth-order valence-corrected chi connectivity index (χ4v) is 8.14. The normalized spacial score (nSPS) is 28.0. The van der Waals surface area contributed by atoms with Crippen molar-refractivity contribution in [3.63, 3.8) is 0 Å². The molecule has 2 aliphatic carbocycles. The van der Waals surface area contributed by atoms with Gasteiger partial charge in [0.25, 0.3) is 0 Å². The summed E-state index contributed by atoms with van der Waals surface area (Å²) < 4.78 is 0.680. The van der Waals surface area contributed by atoms with E-state index in [1.54, 1.807) is 11.1 Å². The van der Waals surface area contributed by atoms with Crippen LogP contribution in [-0.2, 0) is 23.2 Å². The van der Waals surface area contributed by atoms with E-state index in [-0.39, 0.29) is 24.8 Å². The first-order valence-electron chi connectivity index (χ1n) is 9.10. The predicted molar refractivity (Wildman–Crippen MR) is 99.3 cm³/mol. The zero-order chi connectivity index (χ0) is 17.5. The van der Waals surface area contributed by atoms with Gasteiger partial charge in [0.1, 0.15) is 0 Å². The van der Waals surface area contributed by atoms with E-state index in [4.69, 9.17) is 0 Å². The molecule has 2 unspecified atom stereocenters. The molecule has 140 valence electrons. The third-order valence-corrected chi connectivity index (χ3v) is 10.2. The van der Waals surface area contributed by atoms with Crippen molar-refractivity contribution in [3.05, 3.63) is 47.6 Å².